The molecule has 6 nitrogen and oxygen atoms in total. The van der Waals surface area contributed by atoms with Crippen molar-refractivity contribution in [2.75, 3.05) is 55.7 Å². The van der Waals surface area contributed by atoms with Gasteiger partial charge in [0.2, 0.25) is 0 Å². The average Bonchev–Trinajstić information content (AvgIpc) is 2.84. The van der Waals surface area contributed by atoms with Crippen molar-refractivity contribution in [2.24, 2.45) is 0 Å². The molecule has 162 valence electrons. The topological polar surface area (TPSA) is 57.7 Å². The summed E-state index contributed by atoms with van der Waals surface area (Å²) in [4.78, 5) is 22.0. The van der Waals surface area contributed by atoms with Gasteiger partial charge in [0.1, 0.15) is 5.82 Å². The van der Waals surface area contributed by atoms with E-state index >= 15 is 0 Å². The van der Waals surface area contributed by atoms with E-state index in [2.05, 4.69) is 44.4 Å². The Morgan fingerprint density at radius 3 is 2.58 bits per heavy atom. The van der Waals surface area contributed by atoms with Gasteiger partial charge in [0, 0.05) is 68.8 Å². The first-order chi connectivity index (χ1) is 15.3. The van der Waals surface area contributed by atoms with Gasteiger partial charge in [-0.15, -0.1) is 0 Å². The summed E-state index contributed by atoms with van der Waals surface area (Å²) < 4.78 is 5.33. The minimum atomic E-state index is -0.0536. The summed E-state index contributed by atoms with van der Waals surface area (Å²) in [6.07, 6.45) is 2.67. The molecule has 3 aromatic rings. The molecule has 1 N–H and O–H groups in total. The minimum Gasteiger partial charge on any atom is -0.382 e. The lowest BCUT2D eigenvalue weighted by molar-refractivity contribution is 0.0944. The van der Waals surface area contributed by atoms with Crippen LogP contribution >= 0.6 is 0 Å². The molecule has 1 fully saturated rings. The van der Waals surface area contributed by atoms with Crippen LogP contribution in [-0.2, 0) is 4.74 Å². The van der Waals surface area contributed by atoms with Crippen molar-refractivity contribution in [3.8, 4) is 0 Å². The number of pyridine rings is 1. The van der Waals surface area contributed by atoms with E-state index in [1.54, 1.807) is 0 Å². The van der Waals surface area contributed by atoms with E-state index in [9.17, 15) is 4.79 Å². The first kappa shape index (κ1) is 21.1. The van der Waals surface area contributed by atoms with Gasteiger partial charge in [-0.25, -0.2) is 4.98 Å². The summed E-state index contributed by atoms with van der Waals surface area (Å²) in [6, 6.07) is 18.4. The highest BCUT2D eigenvalue weighted by atomic mass is 16.5. The van der Waals surface area contributed by atoms with Crippen molar-refractivity contribution >= 4 is 28.2 Å². The normalized spacial score (nSPS) is 14.1. The van der Waals surface area contributed by atoms with E-state index in [1.165, 1.54) is 5.69 Å². The lowest BCUT2D eigenvalue weighted by atomic mass is 10.1. The Morgan fingerprint density at radius 1 is 1.03 bits per heavy atom. The fourth-order valence-electron chi connectivity index (χ4n) is 3.98. The number of hydrogen-bond donors (Lipinski definition) is 1. The number of carbonyl (C=O) groups is 1. The second-order valence-electron chi connectivity index (χ2n) is 7.69. The smallest absolute Gasteiger partial charge is 0.251 e. The highest BCUT2D eigenvalue weighted by Crippen LogP contribution is 2.27. The second-order valence-corrected chi connectivity index (χ2v) is 7.69. The monoisotopic (exact) mass is 418 g/mol. The van der Waals surface area contributed by atoms with Crippen LogP contribution in [0.25, 0.3) is 10.8 Å². The summed E-state index contributed by atoms with van der Waals surface area (Å²) in [5, 5.41) is 5.11. The third-order valence-electron chi connectivity index (χ3n) is 5.66. The first-order valence-electron chi connectivity index (χ1n) is 11.1. The maximum absolute atomic E-state index is 12.6. The van der Waals surface area contributed by atoms with Crippen molar-refractivity contribution in [3.05, 3.63) is 66.4 Å². The first-order valence-corrected chi connectivity index (χ1v) is 11.1. The number of carbonyl (C=O) groups excluding carboxylic acids is 1. The van der Waals surface area contributed by atoms with Crippen molar-refractivity contribution < 1.29 is 9.53 Å². The molecule has 1 amide bonds. The Hall–Kier alpha value is -3.12. The van der Waals surface area contributed by atoms with Gasteiger partial charge >= 0.3 is 0 Å². The number of para-hydroxylation sites is 1. The lowest BCUT2D eigenvalue weighted by Gasteiger charge is -2.37. The molecule has 0 radical (unpaired) electrons. The largest absolute Gasteiger partial charge is 0.382 e. The number of nitrogens with zero attached hydrogens (tertiary/aromatic N) is 3. The molecule has 1 saturated heterocycles. The summed E-state index contributed by atoms with van der Waals surface area (Å²) >= 11 is 0. The maximum atomic E-state index is 12.6. The number of nitrogens with one attached hydrogen (secondary N) is 1. The summed E-state index contributed by atoms with van der Waals surface area (Å²) in [7, 11) is 0. The van der Waals surface area contributed by atoms with Gasteiger partial charge in [-0.1, -0.05) is 24.3 Å². The highest BCUT2D eigenvalue weighted by molar-refractivity contribution is 6.01. The molecule has 0 spiro atoms. The second kappa shape index (κ2) is 10.3. The molecule has 0 atom stereocenters. The SMILES string of the molecule is CCOCCCNC(=O)c1ccc2ccnc(N3CCN(c4ccccc4)CC3)c2c1. The van der Waals surface area contributed by atoms with Crippen LogP contribution < -0.4 is 15.1 Å². The number of anilines is 2. The van der Waals surface area contributed by atoms with Crippen LogP contribution in [0.2, 0.25) is 0 Å². The van der Waals surface area contributed by atoms with Crippen LogP contribution in [0.4, 0.5) is 11.5 Å². The molecule has 1 aromatic heterocycles. The van der Waals surface area contributed by atoms with Gasteiger partial charge in [-0.3, -0.25) is 4.79 Å². The molecular weight excluding hydrogens is 388 g/mol. The summed E-state index contributed by atoms with van der Waals surface area (Å²) in [5.74, 6) is 0.901. The molecule has 1 aliphatic heterocycles. The number of rotatable bonds is 8. The van der Waals surface area contributed by atoms with E-state index in [1.807, 2.05) is 43.5 Å². The van der Waals surface area contributed by atoms with E-state index in [-0.39, 0.29) is 5.91 Å². The number of piperazine rings is 1. The molecule has 2 aromatic carbocycles. The van der Waals surface area contributed by atoms with Crippen LogP contribution in [0.3, 0.4) is 0 Å². The van der Waals surface area contributed by atoms with Crippen LogP contribution in [0.5, 0.6) is 0 Å². The lowest BCUT2D eigenvalue weighted by Crippen LogP contribution is -2.46. The summed E-state index contributed by atoms with van der Waals surface area (Å²) in [6.45, 7) is 7.64. The van der Waals surface area contributed by atoms with E-state index in [0.717, 1.165) is 49.2 Å². The van der Waals surface area contributed by atoms with E-state index < -0.39 is 0 Å². The molecule has 0 unspecified atom stereocenters. The zero-order chi connectivity index (χ0) is 21.5. The van der Waals surface area contributed by atoms with Crippen molar-refractivity contribution in [1.82, 2.24) is 10.3 Å². The van der Waals surface area contributed by atoms with Crippen LogP contribution in [0.15, 0.2) is 60.8 Å². The fraction of sp³-hybridized carbons (Fsp3) is 0.360. The number of amides is 1. The van der Waals surface area contributed by atoms with Gasteiger partial charge in [0.15, 0.2) is 0 Å². The quantitative estimate of drug-likeness (QED) is 0.565. The maximum Gasteiger partial charge on any atom is 0.251 e. The standard InChI is InChI=1S/C25H30N4O2/c1-2-31-18-6-12-27-25(30)21-10-9-20-11-13-26-24(23(20)19-21)29-16-14-28(15-17-29)22-7-4-3-5-8-22/h3-5,7-11,13,19H,2,6,12,14-18H2,1H3,(H,27,30). The number of ether oxygens (including phenoxy) is 1. The van der Waals surface area contributed by atoms with Gasteiger partial charge in [0.25, 0.3) is 5.91 Å². The molecular formula is C25H30N4O2. The molecule has 4 rings (SSSR count). The Kier molecular flexibility index (Phi) is 6.99. The zero-order valence-electron chi connectivity index (χ0n) is 18.1. The number of benzene rings is 2. The third kappa shape index (κ3) is 5.14. The van der Waals surface area contributed by atoms with Crippen LogP contribution in [0.1, 0.15) is 23.7 Å². The molecule has 6 heteroatoms. The van der Waals surface area contributed by atoms with Crippen LogP contribution in [0, 0.1) is 0 Å². The Labute approximate surface area is 183 Å². The molecule has 0 aliphatic carbocycles. The summed E-state index contributed by atoms with van der Waals surface area (Å²) in [5.41, 5.74) is 1.93. The Balaban J connectivity index is 1.46. The van der Waals surface area contributed by atoms with E-state index in [0.29, 0.717) is 25.3 Å². The van der Waals surface area contributed by atoms with Gasteiger partial charge in [-0.2, -0.15) is 0 Å². The number of aromatic nitrogens is 1. The number of hydrogen-bond acceptors (Lipinski definition) is 5. The molecule has 31 heavy (non-hydrogen) atoms. The third-order valence-corrected chi connectivity index (χ3v) is 5.66. The minimum absolute atomic E-state index is 0.0536. The molecule has 0 saturated carbocycles. The highest BCUT2D eigenvalue weighted by Gasteiger charge is 2.20. The van der Waals surface area contributed by atoms with Gasteiger partial charge < -0.3 is 19.9 Å². The van der Waals surface area contributed by atoms with Gasteiger partial charge in [-0.05, 0) is 49.1 Å². The predicted octanol–water partition coefficient (Wildman–Crippen LogP) is 3.72. The molecule has 0 bridgehead atoms. The fourth-order valence-corrected chi connectivity index (χ4v) is 3.98. The Morgan fingerprint density at radius 2 is 1.81 bits per heavy atom. The zero-order valence-corrected chi connectivity index (χ0v) is 18.1. The average molecular weight is 419 g/mol. The number of fused-ring (bicyclic) bond motifs is 1. The molecule has 2 heterocycles. The molecule has 1 aliphatic rings. The van der Waals surface area contributed by atoms with E-state index in [4.69, 9.17) is 4.74 Å². The van der Waals surface area contributed by atoms with Crippen molar-refractivity contribution in [3.63, 3.8) is 0 Å². The Bertz CT molecular complexity index is 1000. The predicted molar refractivity (Wildman–Crippen MR) is 126 cm³/mol. The van der Waals surface area contributed by atoms with Crippen LogP contribution in [-0.4, -0.2) is 56.8 Å². The van der Waals surface area contributed by atoms with Crippen molar-refractivity contribution in [1.29, 1.82) is 0 Å². The van der Waals surface area contributed by atoms with Gasteiger partial charge in [0.05, 0.1) is 0 Å². The van der Waals surface area contributed by atoms with Crippen molar-refractivity contribution in [2.45, 2.75) is 13.3 Å².